The number of nitrogens with zero attached hydrogens (tertiary/aromatic N) is 1. The summed E-state index contributed by atoms with van der Waals surface area (Å²) in [7, 11) is 0. The third-order valence-electron chi connectivity index (χ3n) is 2.15. The molecule has 1 aliphatic rings. The molecule has 1 amide bonds. The van der Waals surface area contributed by atoms with Gasteiger partial charge in [0.15, 0.2) is 0 Å². The van der Waals surface area contributed by atoms with E-state index in [-0.39, 0.29) is 5.37 Å². The minimum atomic E-state index is -0.308. The molecule has 1 fully saturated rings. The second-order valence-electron chi connectivity index (χ2n) is 2.94. The SMILES string of the molecule is C[C@@H]1CC[C@@H](C)N1C(=O)Cl. The van der Waals surface area contributed by atoms with Crippen LogP contribution in [0.5, 0.6) is 0 Å². The molecule has 0 radical (unpaired) electrons. The maximum absolute atomic E-state index is 10.8. The van der Waals surface area contributed by atoms with E-state index in [0.717, 1.165) is 12.8 Å². The van der Waals surface area contributed by atoms with Crippen molar-refractivity contribution in [1.82, 2.24) is 4.90 Å². The minimum Gasteiger partial charge on any atom is -0.324 e. The van der Waals surface area contributed by atoms with Crippen molar-refractivity contribution >= 4 is 17.0 Å². The highest BCUT2D eigenvalue weighted by atomic mass is 35.5. The van der Waals surface area contributed by atoms with Crippen LogP contribution in [0, 0.1) is 0 Å². The molecule has 0 aromatic heterocycles. The summed E-state index contributed by atoms with van der Waals surface area (Å²) in [5.41, 5.74) is 0. The number of halogens is 1. The first-order chi connectivity index (χ1) is 4.63. The third kappa shape index (κ3) is 1.26. The summed E-state index contributed by atoms with van der Waals surface area (Å²) in [5, 5.41) is -0.308. The Morgan fingerprint density at radius 3 is 2.00 bits per heavy atom. The molecule has 10 heavy (non-hydrogen) atoms. The van der Waals surface area contributed by atoms with Crippen LogP contribution in [0.15, 0.2) is 0 Å². The maximum Gasteiger partial charge on any atom is 0.316 e. The van der Waals surface area contributed by atoms with E-state index < -0.39 is 0 Å². The van der Waals surface area contributed by atoms with Gasteiger partial charge in [-0.2, -0.15) is 0 Å². The normalized spacial score (nSPS) is 32.9. The molecule has 0 spiro atoms. The van der Waals surface area contributed by atoms with E-state index in [1.54, 1.807) is 4.90 Å². The summed E-state index contributed by atoms with van der Waals surface area (Å²) in [6.07, 6.45) is 2.17. The van der Waals surface area contributed by atoms with E-state index in [1.165, 1.54) is 0 Å². The molecule has 1 saturated heterocycles. The molecule has 1 aliphatic heterocycles. The molecule has 1 heterocycles. The van der Waals surface area contributed by atoms with Crippen molar-refractivity contribution in [2.75, 3.05) is 0 Å². The Morgan fingerprint density at radius 2 is 1.80 bits per heavy atom. The van der Waals surface area contributed by atoms with Crippen LogP contribution in [0.1, 0.15) is 26.7 Å². The van der Waals surface area contributed by atoms with Crippen LogP contribution in [-0.2, 0) is 0 Å². The first kappa shape index (κ1) is 7.86. The van der Waals surface area contributed by atoms with Crippen molar-refractivity contribution in [1.29, 1.82) is 0 Å². The quantitative estimate of drug-likeness (QED) is 0.394. The van der Waals surface area contributed by atoms with Crippen molar-refractivity contribution in [3.05, 3.63) is 0 Å². The van der Waals surface area contributed by atoms with Gasteiger partial charge in [-0.05, 0) is 38.3 Å². The molecule has 0 saturated carbocycles. The first-order valence-corrected chi connectivity index (χ1v) is 3.98. The lowest BCUT2D eigenvalue weighted by molar-refractivity contribution is 0.204. The highest BCUT2D eigenvalue weighted by molar-refractivity contribution is 6.62. The van der Waals surface area contributed by atoms with Crippen LogP contribution in [0.2, 0.25) is 0 Å². The number of carbonyl (C=O) groups is 1. The Kier molecular flexibility index (Phi) is 2.19. The summed E-state index contributed by atoms with van der Waals surface area (Å²) in [4.78, 5) is 12.5. The summed E-state index contributed by atoms with van der Waals surface area (Å²) >= 11 is 5.36. The van der Waals surface area contributed by atoms with Gasteiger partial charge in [0.25, 0.3) is 0 Å². The molecule has 0 aromatic rings. The lowest BCUT2D eigenvalue weighted by Crippen LogP contribution is -2.34. The van der Waals surface area contributed by atoms with E-state index in [1.807, 2.05) is 13.8 Å². The van der Waals surface area contributed by atoms with E-state index in [2.05, 4.69) is 0 Å². The van der Waals surface area contributed by atoms with Gasteiger partial charge in [-0.15, -0.1) is 0 Å². The molecule has 2 nitrogen and oxygen atoms in total. The molecule has 58 valence electrons. The fraction of sp³-hybridized carbons (Fsp3) is 0.857. The lowest BCUT2D eigenvalue weighted by atomic mass is 10.2. The second-order valence-corrected chi connectivity index (χ2v) is 3.26. The zero-order valence-corrected chi connectivity index (χ0v) is 7.06. The number of hydrogen-bond donors (Lipinski definition) is 0. The topological polar surface area (TPSA) is 20.3 Å². The van der Waals surface area contributed by atoms with Gasteiger partial charge in [0, 0.05) is 12.1 Å². The molecule has 0 aliphatic carbocycles. The predicted octanol–water partition coefficient (Wildman–Crippen LogP) is 2.22. The van der Waals surface area contributed by atoms with Gasteiger partial charge in [0.1, 0.15) is 0 Å². The molecule has 0 aromatic carbocycles. The van der Waals surface area contributed by atoms with Crippen molar-refractivity contribution in [2.24, 2.45) is 0 Å². The molecule has 3 heteroatoms. The summed E-state index contributed by atoms with van der Waals surface area (Å²) in [5.74, 6) is 0. The van der Waals surface area contributed by atoms with Gasteiger partial charge in [-0.3, -0.25) is 4.79 Å². The predicted molar refractivity (Wildman–Crippen MR) is 41.2 cm³/mol. The van der Waals surface area contributed by atoms with E-state index >= 15 is 0 Å². The Bertz CT molecular complexity index is 139. The molecule has 0 N–H and O–H groups in total. The van der Waals surface area contributed by atoms with Crippen LogP contribution in [0.3, 0.4) is 0 Å². The van der Waals surface area contributed by atoms with Crippen LogP contribution in [-0.4, -0.2) is 22.3 Å². The number of rotatable bonds is 0. The Hall–Kier alpha value is -0.240. The number of likely N-dealkylation sites (tertiary alicyclic amines) is 1. The summed E-state index contributed by atoms with van der Waals surface area (Å²) in [6, 6.07) is 0.667. The van der Waals surface area contributed by atoms with Gasteiger partial charge < -0.3 is 4.90 Å². The standard InChI is InChI=1S/C7H12ClNO/c1-5-3-4-6(2)9(5)7(8)10/h5-6H,3-4H2,1-2H3/t5-,6-/m1/s1. The largest absolute Gasteiger partial charge is 0.324 e. The van der Waals surface area contributed by atoms with E-state index in [9.17, 15) is 4.79 Å². The summed E-state index contributed by atoms with van der Waals surface area (Å²) in [6.45, 7) is 4.06. The minimum absolute atomic E-state index is 0.308. The Labute approximate surface area is 66.1 Å². The van der Waals surface area contributed by atoms with Crippen molar-refractivity contribution < 1.29 is 4.79 Å². The van der Waals surface area contributed by atoms with Crippen LogP contribution >= 0.6 is 11.6 Å². The highest BCUT2D eigenvalue weighted by Crippen LogP contribution is 2.24. The van der Waals surface area contributed by atoms with Gasteiger partial charge in [-0.25, -0.2) is 0 Å². The first-order valence-electron chi connectivity index (χ1n) is 3.60. The van der Waals surface area contributed by atoms with E-state index in [4.69, 9.17) is 11.6 Å². The fourth-order valence-electron chi connectivity index (χ4n) is 1.54. The van der Waals surface area contributed by atoms with Gasteiger partial charge in [-0.1, -0.05) is 0 Å². The average molecular weight is 162 g/mol. The fourth-order valence-corrected chi connectivity index (χ4v) is 1.87. The van der Waals surface area contributed by atoms with Crippen molar-refractivity contribution in [2.45, 2.75) is 38.8 Å². The van der Waals surface area contributed by atoms with Gasteiger partial charge >= 0.3 is 5.37 Å². The molecular weight excluding hydrogens is 150 g/mol. The van der Waals surface area contributed by atoms with E-state index in [0.29, 0.717) is 12.1 Å². The zero-order chi connectivity index (χ0) is 7.72. The Balaban J connectivity index is 2.63. The smallest absolute Gasteiger partial charge is 0.316 e. The molecule has 2 atom stereocenters. The second kappa shape index (κ2) is 2.79. The van der Waals surface area contributed by atoms with Gasteiger partial charge in [0.2, 0.25) is 0 Å². The summed E-state index contributed by atoms with van der Waals surface area (Å²) < 4.78 is 0. The van der Waals surface area contributed by atoms with Crippen LogP contribution in [0.25, 0.3) is 0 Å². The molecule has 0 unspecified atom stereocenters. The third-order valence-corrected chi connectivity index (χ3v) is 2.35. The number of carbonyl (C=O) groups excluding carboxylic acids is 1. The molecule has 1 rings (SSSR count). The monoisotopic (exact) mass is 161 g/mol. The average Bonchev–Trinajstić information content (AvgIpc) is 2.11. The molecular formula is C7H12ClNO. The van der Waals surface area contributed by atoms with Gasteiger partial charge in [0.05, 0.1) is 0 Å². The lowest BCUT2D eigenvalue weighted by Gasteiger charge is -2.22. The van der Waals surface area contributed by atoms with Crippen molar-refractivity contribution in [3.63, 3.8) is 0 Å². The highest BCUT2D eigenvalue weighted by Gasteiger charge is 2.29. The Morgan fingerprint density at radius 1 is 1.40 bits per heavy atom. The zero-order valence-electron chi connectivity index (χ0n) is 6.30. The van der Waals surface area contributed by atoms with Crippen LogP contribution < -0.4 is 0 Å². The number of amides is 1. The van der Waals surface area contributed by atoms with Crippen molar-refractivity contribution in [3.8, 4) is 0 Å². The maximum atomic E-state index is 10.8. The number of hydrogen-bond acceptors (Lipinski definition) is 1. The van der Waals surface area contributed by atoms with Crippen LogP contribution in [0.4, 0.5) is 4.79 Å². The molecule has 0 bridgehead atoms.